The van der Waals surface area contributed by atoms with Gasteiger partial charge in [0.05, 0.1) is 11.7 Å². The molecule has 3 aliphatic rings. The summed E-state index contributed by atoms with van der Waals surface area (Å²) < 4.78 is 5.84. The SMILES string of the molecule is C=C1CC[C@H]2O[C@@]2(C)CC[C@@H]2[C@@H]1C[C@@]2(C)CO. The van der Waals surface area contributed by atoms with Gasteiger partial charge >= 0.3 is 0 Å². The second-order valence-corrected chi connectivity index (χ2v) is 6.88. The summed E-state index contributed by atoms with van der Waals surface area (Å²) in [7, 11) is 0. The molecule has 3 rings (SSSR count). The fraction of sp³-hybridized carbons (Fsp3) is 0.867. The molecule has 0 amide bonds. The number of fused-ring (bicyclic) bond motifs is 2. The van der Waals surface area contributed by atoms with E-state index in [0.29, 0.717) is 24.5 Å². The van der Waals surface area contributed by atoms with E-state index >= 15 is 0 Å². The van der Waals surface area contributed by atoms with Crippen LogP contribution >= 0.6 is 0 Å². The standard InChI is InChI=1S/C15H24O2/c1-10-4-5-13-15(3,17-13)7-6-12-11(10)8-14(12,2)9-16/h11-13,16H,1,4-9H2,2-3H3/t11-,12-,13-,14+,15+/m1/s1. The number of allylic oxidation sites excluding steroid dienone is 1. The van der Waals surface area contributed by atoms with Gasteiger partial charge in [-0.1, -0.05) is 19.1 Å². The first-order valence-corrected chi connectivity index (χ1v) is 6.95. The third-order valence-corrected chi connectivity index (χ3v) is 5.67. The van der Waals surface area contributed by atoms with Crippen molar-refractivity contribution in [2.75, 3.05) is 6.61 Å². The van der Waals surface area contributed by atoms with E-state index in [1.54, 1.807) is 0 Å². The smallest absolute Gasteiger partial charge is 0.0920 e. The van der Waals surface area contributed by atoms with Crippen molar-refractivity contribution in [3.8, 4) is 0 Å². The summed E-state index contributed by atoms with van der Waals surface area (Å²) in [4.78, 5) is 0. The molecule has 5 atom stereocenters. The second-order valence-electron chi connectivity index (χ2n) is 6.88. The number of aliphatic hydroxyl groups is 1. The van der Waals surface area contributed by atoms with Crippen molar-refractivity contribution in [3.05, 3.63) is 12.2 Å². The number of rotatable bonds is 1. The molecule has 0 aromatic carbocycles. The van der Waals surface area contributed by atoms with Gasteiger partial charge in [-0.2, -0.15) is 0 Å². The lowest BCUT2D eigenvalue weighted by Gasteiger charge is -2.54. The molecule has 0 bridgehead atoms. The largest absolute Gasteiger partial charge is 0.396 e. The zero-order valence-corrected chi connectivity index (χ0v) is 11.0. The highest BCUT2D eigenvalue weighted by Crippen LogP contribution is 2.59. The van der Waals surface area contributed by atoms with Gasteiger partial charge in [0, 0.05) is 6.61 Å². The van der Waals surface area contributed by atoms with Crippen molar-refractivity contribution >= 4 is 0 Å². The first-order valence-electron chi connectivity index (χ1n) is 6.95. The lowest BCUT2D eigenvalue weighted by molar-refractivity contribution is -0.0602. The minimum atomic E-state index is 0.138. The Hall–Kier alpha value is -0.340. The second kappa shape index (κ2) is 3.58. The van der Waals surface area contributed by atoms with Crippen LogP contribution in [0.2, 0.25) is 0 Å². The van der Waals surface area contributed by atoms with Crippen LogP contribution in [0.25, 0.3) is 0 Å². The molecule has 2 nitrogen and oxygen atoms in total. The fourth-order valence-corrected chi connectivity index (χ4v) is 4.10. The van der Waals surface area contributed by atoms with E-state index in [0.717, 1.165) is 25.7 Å². The molecule has 2 aliphatic carbocycles. The van der Waals surface area contributed by atoms with Gasteiger partial charge in [-0.05, 0) is 56.3 Å². The minimum Gasteiger partial charge on any atom is -0.396 e. The van der Waals surface area contributed by atoms with Crippen molar-refractivity contribution in [1.82, 2.24) is 0 Å². The van der Waals surface area contributed by atoms with Crippen LogP contribution in [-0.2, 0) is 4.74 Å². The average Bonchev–Trinajstić information content (AvgIpc) is 2.92. The van der Waals surface area contributed by atoms with Crippen LogP contribution in [0.3, 0.4) is 0 Å². The quantitative estimate of drug-likeness (QED) is 0.561. The maximum Gasteiger partial charge on any atom is 0.0920 e. The van der Waals surface area contributed by atoms with Gasteiger partial charge in [0.15, 0.2) is 0 Å². The topological polar surface area (TPSA) is 32.8 Å². The van der Waals surface area contributed by atoms with Gasteiger partial charge in [-0.15, -0.1) is 0 Å². The maximum atomic E-state index is 9.58. The Morgan fingerprint density at radius 2 is 2.18 bits per heavy atom. The molecule has 0 radical (unpaired) electrons. The Labute approximate surface area is 104 Å². The first kappa shape index (κ1) is 11.7. The molecule has 3 fully saturated rings. The summed E-state index contributed by atoms with van der Waals surface area (Å²) in [5, 5.41) is 9.58. The highest BCUT2D eigenvalue weighted by atomic mass is 16.6. The first-order chi connectivity index (χ1) is 7.98. The third kappa shape index (κ3) is 1.68. The Balaban J connectivity index is 1.77. The maximum absolute atomic E-state index is 9.58. The van der Waals surface area contributed by atoms with Crippen LogP contribution in [0.5, 0.6) is 0 Å². The average molecular weight is 236 g/mol. The number of ether oxygens (including phenoxy) is 1. The summed E-state index contributed by atoms with van der Waals surface area (Å²) in [5.74, 6) is 1.29. The van der Waals surface area contributed by atoms with Crippen LogP contribution in [-0.4, -0.2) is 23.4 Å². The Kier molecular flexibility index (Phi) is 2.47. The molecule has 96 valence electrons. The molecule has 1 saturated heterocycles. The minimum absolute atomic E-state index is 0.138. The van der Waals surface area contributed by atoms with Crippen LogP contribution in [0.15, 0.2) is 12.2 Å². The molecule has 17 heavy (non-hydrogen) atoms. The predicted octanol–water partition coefficient (Wildman–Crippen LogP) is 2.91. The molecular weight excluding hydrogens is 212 g/mol. The molecule has 1 heterocycles. The molecule has 0 unspecified atom stereocenters. The molecule has 2 heteroatoms. The number of hydrogen-bond donors (Lipinski definition) is 1. The molecule has 1 N–H and O–H groups in total. The summed E-state index contributed by atoms with van der Waals surface area (Å²) in [5.41, 5.74) is 1.68. The van der Waals surface area contributed by atoms with Crippen LogP contribution in [0.1, 0.15) is 46.0 Å². The van der Waals surface area contributed by atoms with Crippen molar-refractivity contribution < 1.29 is 9.84 Å². The highest BCUT2D eigenvalue weighted by Gasteiger charge is 2.56. The summed E-state index contributed by atoms with van der Waals surface area (Å²) >= 11 is 0. The van der Waals surface area contributed by atoms with E-state index in [-0.39, 0.29) is 11.0 Å². The van der Waals surface area contributed by atoms with Gasteiger partial charge in [0.1, 0.15) is 0 Å². The lowest BCUT2D eigenvalue weighted by atomic mass is 9.51. The third-order valence-electron chi connectivity index (χ3n) is 5.67. The van der Waals surface area contributed by atoms with Crippen molar-refractivity contribution in [1.29, 1.82) is 0 Å². The van der Waals surface area contributed by atoms with E-state index in [1.807, 2.05) is 0 Å². The van der Waals surface area contributed by atoms with Gasteiger partial charge < -0.3 is 9.84 Å². The Morgan fingerprint density at radius 3 is 2.88 bits per heavy atom. The van der Waals surface area contributed by atoms with E-state index in [4.69, 9.17) is 4.74 Å². The summed E-state index contributed by atoms with van der Waals surface area (Å²) in [6, 6.07) is 0. The number of hydrogen-bond acceptors (Lipinski definition) is 2. The van der Waals surface area contributed by atoms with Gasteiger partial charge in [0.25, 0.3) is 0 Å². The van der Waals surface area contributed by atoms with Gasteiger partial charge in [-0.3, -0.25) is 0 Å². The van der Waals surface area contributed by atoms with Crippen molar-refractivity contribution in [2.45, 2.75) is 57.7 Å². The molecular formula is C15H24O2. The molecule has 1 aliphatic heterocycles. The van der Waals surface area contributed by atoms with E-state index in [1.165, 1.54) is 12.0 Å². The van der Waals surface area contributed by atoms with Crippen LogP contribution in [0, 0.1) is 17.3 Å². The molecule has 0 spiro atoms. The fourth-order valence-electron chi connectivity index (χ4n) is 4.10. The zero-order chi connectivity index (χ0) is 12.3. The zero-order valence-electron chi connectivity index (χ0n) is 11.0. The van der Waals surface area contributed by atoms with Gasteiger partial charge in [-0.25, -0.2) is 0 Å². The van der Waals surface area contributed by atoms with E-state index < -0.39 is 0 Å². The van der Waals surface area contributed by atoms with E-state index in [2.05, 4.69) is 20.4 Å². The Morgan fingerprint density at radius 1 is 1.41 bits per heavy atom. The summed E-state index contributed by atoms with van der Waals surface area (Å²) in [6.07, 6.45) is 6.21. The molecule has 0 aromatic rings. The Bertz CT molecular complexity index is 351. The van der Waals surface area contributed by atoms with Crippen LogP contribution < -0.4 is 0 Å². The van der Waals surface area contributed by atoms with E-state index in [9.17, 15) is 5.11 Å². The van der Waals surface area contributed by atoms with Gasteiger partial charge in [0.2, 0.25) is 0 Å². The number of epoxide rings is 1. The van der Waals surface area contributed by atoms with Crippen molar-refractivity contribution in [2.24, 2.45) is 17.3 Å². The predicted molar refractivity (Wildman–Crippen MR) is 67.7 cm³/mol. The highest BCUT2D eigenvalue weighted by molar-refractivity contribution is 5.17. The number of aliphatic hydroxyl groups excluding tert-OH is 1. The lowest BCUT2D eigenvalue weighted by Crippen LogP contribution is -2.49. The monoisotopic (exact) mass is 236 g/mol. The van der Waals surface area contributed by atoms with Crippen LogP contribution in [0.4, 0.5) is 0 Å². The normalized spacial score (nSPS) is 53.6. The summed E-state index contributed by atoms with van der Waals surface area (Å²) in [6.45, 7) is 9.08. The van der Waals surface area contributed by atoms with Crippen molar-refractivity contribution in [3.63, 3.8) is 0 Å². The molecule has 0 aromatic heterocycles. The molecule has 2 saturated carbocycles.